The first-order valence-electron chi connectivity index (χ1n) is 23.1. The summed E-state index contributed by atoms with van der Waals surface area (Å²) in [5.41, 5.74) is 0. The van der Waals surface area contributed by atoms with Crippen LogP contribution in [0.5, 0.6) is 0 Å². The van der Waals surface area contributed by atoms with Gasteiger partial charge in [0.15, 0.2) is 0 Å². The van der Waals surface area contributed by atoms with Crippen molar-refractivity contribution in [3.8, 4) is 0 Å². The molecule has 4 N–H and O–H groups in total. The summed E-state index contributed by atoms with van der Waals surface area (Å²) in [5, 5.41) is 33.3. The van der Waals surface area contributed by atoms with Gasteiger partial charge in [0, 0.05) is 0 Å². The van der Waals surface area contributed by atoms with Gasteiger partial charge in [-0.05, 0) is 44.9 Å². The Hall–Kier alpha value is -1.17. The van der Waals surface area contributed by atoms with Gasteiger partial charge in [0.2, 0.25) is 5.91 Å². The van der Waals surface area contributed by atoms with Crippen LogP contribution in [0.4, 0.5) is 0 Å². The third-order valence-electron chi connectivity index (χ3n) is 10.7. The largest absolute Gasteiger partial charge is 0.394 e. The number of amides is 1. The molecule has 3 unspecified atom stereocenters. The summed E-state index contributed by atoms with van der Waals surface area (Å²) in [5.74, 6) is -0.318. The molecule has 0 saturated carbocycles. The fourth-order valence-electron chi connectivity index (χ4n) is 7.16. The summed E-state index contributed by atoms with van der Waals surface area (Å²) in [6.07, 6.45) is 51.8. The predicted molar refractivity (Wildman–Crippen MR) is 227 cm³/mol. The van der Waals surface area contributed by atoms with E-state index < -0.39 is 18.2 Å². The molecule has 0 spiro atoms. The minimum Gasteiger partial charge on any atom is -0.394 e. The quantitative estimate of drug-likeness (QED) is 0.0371. The van der Waals surface area contributed by atoms with Crippen molar-refractivity contribution in [2.24, 2.45) is 0 Å². The van der Waals surface area contributed by atoms with Crippen LogP contribution in [0.25, 0.3) is 0 Å². The van der Waals surface area contributed by atoms with Crippen molar-refractivity contribution >= 4 is 5.91 Å². The maximum atomic E-state index is 12.4. The Morgan fingerprint density at radius 3 is 1.17 bits per heavy atom. The van der Waals surface area contributed by atoms with E-state index in [2.05, 4.69) is 31.3 Å². The highest BCUT2D eigenvalue weighted by Gasteiger charge is 2.20. The average Bonchev–Trinajstić information content (AvgIpc) is 3.14. The van der Waals surface area contributed by atoms with Crippen molar-refractivity contribution in [2.45, 2.75) is 263 Å². The van der Waals surface area contributed by atoms with Crippen molar-refractivity contribution in [2.75, 3.05) is 6.61 Å². The topological polar surface area (TPSA) is 89.8 Å². The van der Waals surface area contributed by atoms with Gasteiger partial charge in [-0.2, -0.15) is 0 Å². The lowest BCUT2D eigenvalue weighted by Gasteiger charge is -2.21. The summed E-state index contributed by atoms with van der Waals surface area (Å²) in [7, 11) is 0. The molecule has 0 aromatic heterocycles. The molecule has 0 aliphatic carbocycles. The van der Waals surface area contributed by atoms with Crippen LogP contribution in [0, 0.1) is 0 Å². The van der Waals surface area contributed by atoms with Crippen LogP contribution in [0.1, 0.15) is 245 Å². The SMILES string of the molecule is CCCCCCCCCCCCC/C=C\CCCCCCCC(O)CC(=O)NC(CO)C(O)/C=C/CCCCCCCCCCCCCCCCC. The number of rotatable bonds is 42. The molecule has 5 heteroatoms. The third-order valence-corrected chi connectivity index (χ3v) is 10.7. The van der Waals surface area contributed by atoms with Crippen LogP contribution in [-0.2, 0) is 4.79 Å². The Morgan fingerprint density at radius 2 is 0.808 bits per heavy atom. The van der Waals surface area contributed by atoms with E-state index in [1.165, 1.54) is 180 Å². The van der Waals surface area contributed by atoms with E-state index in [4.69, 9.17) is 0 Å². The molecular weight excluding hydrogens is 643 g/mol. The molecule has 0 saturated heterocycles. The molecule has 0 fully saturated rings. The zero-order valence-corrected chi connectivity index (χ0v) is 35.0. The number of aliphatic hydroxyl groups is 3. The third kappa shape index (κ3) is 38.6. The van der Waals surface area contributed by atoms with Gasteiger partial charge in [-0.25, -0.2) is 0 Å². The van der Waals surface area contributed by atoms with E-state index in [0.717, 1.165) is 38.5 Å². The lowest BCUT2D eigenvalue weighted by atomic mass is 10.0. The van der Waals surface area contributed by atoms with Crippen LogP contribution in [0.15, 0.2) is 24.3 Å². The van der Waals surface area contributed by atoms with Crippen molar-refractivity contribution in [1.82, 2.24) is 5.32 Å². The van der Waals surface area contributed by atoms with Crippen LogP contribution < -0.4 is 5.32 Å². The Balaban J connectivity index is 3.65. The van der Waals surface area contributed by atoms with Gasteiger partial charge in [-0.3, -0.25) is 4.79 Å². The highest BCUT2D eigenvalue weighted by Crippen LogP contribution is 2.16. The molecule has 0 heterocycles. The Kier molecular flexibility index (Phi) is 41.6. The Bertz CT molecular complexity index is 768. The smallest absolute Gasteiger partial charge is 0.222 e. The minimum atomic E-state index is -0.929. The molecule has 0 aromatic carbocycles. The fourth-order valence-corrected chi connectivity index (χ4v) is 7.16. The van der Waals surface area contributed by atoms with Crippen LogP contribution in [0.2, 0.25) is 0 Å². The van der Waals surface area contributed by atoms with Gasteiger partial charge in [-0.15, -0.1) is 0 Å². The highest BCUT2D eigenvalue weighted by atomic mass is 16.3. The number of hydrogen-bond acceptors (Lipinski definition) is 4. The molecule has 0 aliphatic heterocycles. The zero-order chi connectivity index (χ0) is 38.0. The Labute approximate surface area is 324 Å². The standard InChI is InChI=1S/C47H91NO4/c1-3-5-7-9-11-13-15-17-19-21-22-23-25-26-28-30-32-34-36-38-40-44(50)42-47(52)48-45(43-49)46(51)41-39-37-35-33-31-29-27-24-20-18-16-14-12-10-8-6-4-2/h25-26,39,41,44-46,49-51H,3-24,27-38,40,42-43H2,1-2H3,(H,48,52)/b26-25-,41-39+. The summed E-state index contributed by atoms with van der Waals surface area (Å²) in [4.78, 5) is 12.4. The minimum absolute atomic E-state index is 0.00990. The van der Waals surface area contributed by atoms with Gasteiger partial charge in [-0.1, -0.05) is 218 Å². The number of carbonyl (C=O) groups excluding carboxylic acids is 1. The molecular formula is C47H91NO4. The van der Waals surface area contributed by atoms with Gasteiger partial charge in [0.25, 0.3) is 0 Å². The maximum absolute atomic E-state index is 12.4. The molecule has 0 aromatic rings. The molecule has 3 atom stereocenters. The summed E-state index contributed by atoms with van der Waals surface area (Å²) in [6, 6.07) is -0.745. The predicted octanol–water partition coefficient (Wildman–Crippen LogP) is 13.4. The molecule has 0 bridgehead atoms. The molecule has 0 radical (unpaired) electrons. The van der Waals surface area contributed by atoms with Gasteiger partial charge in [0.1, 0.15) is 0 Å². The second-order valence-electron chi connectivity index (χ2n) is 16.0. The van der Waals surface area contributed by atoms with Crippen LogP contribution >= 0.6 is 0 Å². The van der Waals surface area contributed by atoms with Gasteiger partial charge < -0.3 is 20.6 Å². The second-order valence-corrected chi connectivity index (χ2v) is 16.0. The van der Waals surface area contributed by atoms with E-state index in [1.54, 1.807) is 6.08 Å². The number of nitrogens with one attached hydrogen (secondary N) is 1. The zero-order valence-electron chi connectivity index (χ0n) is 35.0. The van der Waals surface area contributed by atoms with Crippen LogP contribution in [-0.4, -0.2) is 46.1 Å². The first-order valence-corrected chi connectivity index (χ1v) is 23.1. The molecule has 1 amide bonds. The summed E-state index contributed by atoms with van der Waals surface area (Å²) in [6.45, 7) is 4.23. The molecule has 5 nitrogen and oxygen atoms in total. The van der Waals surface area contributed by atoms with E-state index in [-0.39, 0.29) is 18.9 Å². The summed E-state index contributed by atoms with van der Waals surface area (Å²) >= 11 is 0. The lowest BCUT2D eigenvalue weighted by Crippen LogP contribution is -2.45. The van der Waals surface area contributed by atoms with Crippen molar-refractivity contribution in [3.05, 3.63) is 24.3 Å². The number of unbranched alkanes of at least 4 members (excludes halogenated alkanes) is 31. The Morgan fingerprint density at radius 1 is 0.481 bits per heavy atom. The molecule has 0 aliphatic rings. The van der Waals surface area contributed by atoms with E-state index in [9.17, 15) is 20.1 Å². The van der Waals surface area contributed by atoms with Gasteiger partial charge in [0.05, 0.1) is 31.3 Å². The lowest BCUT2D eigenvalue weighted by molar-refractivity contribution is -0.124. The number of carbonyl (C=O) groups is 1. The fraction of sp³-hybridized carbons (Fsp3) is 0.894. The maximum Gasteiger partial charge on any atom is 0.222 e. The number of allylic oxidation sites excluding steroid dienone is 3. The normalized spacial score (nSPS) is 13.7. The highest BCUT2D eigenvalue weighted by molar-refractivity contribution is 5.76. The number of aliphatic hydroxyl groups excluding tert-OH is 3. The molecule has 308 valence electrons. The van der Waals surface area contributed by atoms with Crippen molar-refractivity contribution < 1.29 is 20.1 Å². The van der Waals surface area contributed by atoms with Crippen molar-refractivity contribution in [3.63, 3.8) is 0 Å². The van der Waals surface area contributed by atoms with Crippen molar-refractivity contribution in [1.29, 1.82) is 0 Å². The van der Waals surface area contributed by atoms with Crippen LogP contribution in [0.3, 0.4) is 0 Å². The summed E-state index contributed by atoms with van der Waals surface area (Å²) < 4.78 is 0. The second kappa shape index (κ2) is 42.6. The van der Waals surface area contributed by atoms with E-state index in [1.807, 2.05) is 6.08 Å². The average molecular weight is 734 g/mol. The first-order chi connectivity index (χ1) is 25.5. The first kappa shape index (κ1) is 50.8. The van der Waals surface area contributed by atoms with E-state index >= 15 is 0 Å². The molecule has 0 rings (SSSR count). The van der Waals surface area contributed by atoms with E-state index in [0.29, 0.717) is 6.42 Å². The molecule has 52 heavy (non-hydrogen) atoms. The number of hydrogen-bond donors (Lipinski definition) is 4. The monoisotopic (exact) mass is 734 g/mol. The van der Waals surface area contributed by atoms with Gasteiger partial charge >= 0.3 is 0 Å².